The summed E-state index contributed by atoms with van der Waals surface area (Å²) in [6, 6.07) is 8.50. The first-order valence-electron chi connectivity index (χ1n) is 6.35. The highest BCUT2D eigenvalue weighted by Crippen LogP contribution is 2.26. The first kappa shape index (κ1) is 14.7. The minimum Gasteiger partial charge on any atom is -0.316 e. The molecule has 1 nitrogen and oxygen atoms in total. The maximum absolute atomic E-state index is 3.62. The third-order valence-electron chi connectivity index (χ3n) is 2.78. The van der Waals surface area contributed by atoms with E-state index in [9.17, 15) is 0 Å². The van der Waals surface area contributed by atoms with E-state index in [2.05, 4.69) is 73.2 Å². The van der Waals surface area contributed by atoms with E-state index in [4.69, 9.17) is 0 Å². The van der Waals surface area contributed by atoms with Crippen molar-refractivity contribution < 1.29 is 0 Å². The Morgan fingerprint density at radius 1 is 1.24 bits per heavy atom. The van der Waals surface area contributed by atoms with Crippen LogP contribution in [0.15, 0.2) is 28.7 Å². The minimum atomic E-state index is 0.290. The highest BCUT2D eigenvalue weighted by atomic mass is 79.9. The second kappa shape index (κ2) is 6.55. The van der Waals surface area contributed by atoms with Crippen LogP contribution in [0.3, 0.4) is 0 Å². The molecule has 17 heavy (non-hydrogen) atoms. The quantitative estimate of drug-likeness (QED) is 0.827. The molecule has 0 aliphatic heterocycles. The van der Waals surface area contributed by atoms with Crippen LogP contribution < -0.4 is 5.32 Å². The van der Waals surface area contributed by atoms with Crippen LogP contribution in [0, 0.1) is 11.3 Å². The van der Waals surface area contributed by atoms with E-state index >= 15 is 0 Å². The number of benzene rings is 1. The van der Waals surface area contributed by atoms with Crippen molar-refractivity contribution in [3.05, 3.63) is 34.3 Å². The molecule has 0 saturated heterocycles. The normalized spacial score (nSPS) is 12.1. The van der Waals surface area contributed by atoms with Gasteiger partial charge >= 0.3 is 0 Å². The Bertz CT molecular complexity index is 345. The minimum absolute atomic E-state index is 0.290. The zero-order chi connectivity index (χ0) is 12.9. The topological polar surface area (TPSA) is 12.0 Å². The lowest BCUT2D eigenvalue weighted by Gasteiger charge is -2.26. The SMILES string of the molecule is CC(C)CNCC(C)(C)Cc1ccccc1Br. The van der Waals surface area contributed by atoms with Crippen LogP contribution >= 0.6 is 15.9 Å². The standard InChI is InChI=1S/C15H24BrN/c1-12(2)10-17-11-15(3,4)9-13-7-5-6-8-14(13)16/h5-8,12,17H,9-11H2,1-4H3. The molecule has 1 aromatic rings. The number of hydrogen-bond donors (Lipinski definition) is 1. The third-order valence-corrected chi connectivity index (χ3v) is 3.56. The maximum Gasteiger partial charge on any atom is 0.0207 e. The number of hydrogen-bond acceptors (Lipinski definition) is 1. The Hall–Kier alpha value is -0.340. The summed E-state index contributed by atoms with van der Waals surface area (Å²) in [5.41, 5.74) is 1.68. The average Bonchev–Trinajstić information content (AvgIpc) is 2.20. The molecule has 0 spiro atoms. The van der Waals surface area contributed by atoms with Gasteiger partial charge in [-0.25, -0.2) is 0 Å². The molecule has 0 unspecified atom stereocenters. The third kappa shape index (κ3) is 5.69. The van der Waals surface area contributed by atoms with Gasteiger partial charge < -0.3 is 5.32 Å². The first-order chi connectivity index (χ1) is 7.91. The summed E-state index contributed by atoms with van der Waals surface area (Å²) in [6.45, 7) is 11.3. The Balaban J connectivity index is 2.51. The Morgan fingerprint density at radius 2 is 1.88 bits per heavy atom. The molecule has 0 saturated carbocycles. The molecule has 0 aromatic heterocycles. The van der Waals surface area contributed by atoms with Gasteiger partial charge in [-0.3, -0.25) is 0 Å². The fourth-order valence-electron chi connectivity index (χ4n) is 1.92. The molecule has 0 atom stereocenters. The summed E-state index contributed by atoms with van der Waals surface area (Å²) in [5.74, 6) is 0.717. The molecule has 96 valence electrons. The molecular weight excluding hydrogens is 274 g/mol. The van der Waals surface area contributed by atoms with Crippen molar-refractivity contribution in [1.29, 1.82) is 0 Å². The zero-order valence-electron chi connectivity index (χ0n) is 11.4. The van der Waals surface area contributed by atoms with Crippen LogP contribution in [-0.2, 0) is 6.42 Å². The Kier molecular flexibility index (Phi) is 5.68. The average molecular weight is 298 g/mol. The van der Waals surface area contributed by atoms with E-state index < -0.39 is 0 Å². The van der Waals surface area contributed by atoms with Crippen LogP contribution in [0.4, 0.5) is 0 Å². The molecule has 0 aliphatic carbocycles. The molecule has 0 fully saturated rings. The van der Waals surface area contributed by atoms with Gasteiger partial charge in [-0.2, -0.15) is 0 Å². The van der Waals surface area contributed by atoms with E-state index in [-0.39, 0.29) is 0 Å². The lowest BCUT2D eigenvalue weighted by molar-refractivity contribution is 0.330. The highest BCUT2D eigenvalue weighted by molar-refractivity contribution is 9.10. The van der Waals surface area contributed by atoms with Crippen LogP contribution in [0.5, 0.6) is 0 Å². The van der Waals surface area contributed by atoms with Gasteiger partial charge in [-0.1, -0.05) is 61.8 Å². The monoisotopic (exact) mass is 297 g/mol. The molecule has 1 N–H and O–H groups in total. The van der Waals surface area contributed by atoms with Gasteiger partial charge in [0.25, 0.3) is 0 Å². The van der Waals surface area contributed by atoms with Crippen molar-refractivity contribution in [2.45, 2.75) is 34.1 Å². The maximum atomic E-state index is 3.62. The molecule has 0 amide bonds. The molecule has 2 heteroatoms. The van der Waals surface area contributed by atoms with E-state index in [0.29, 0.717) is 11.3 Å². The smallest absolute Gasteiger partial charge is 0.0207 e. The summed E-state index contributed by atoms with van der Waals surface area (Å²) in [6.07, 6.45) is 1.10. The van der Waals surface area contributed by atoms with E-state index in [1.807, 2.05) is 0 Å². The Labute approximate surface area is 114 Å². The number of nitrogens with one attached hydrogen (secondary N) is 1. The summed E-state index contributed by atoms with van der Waals surface area (Å²) in [4.78, 5) is 0. The molecule has 0 aliphatic rings. The van der Waals surface area contributed by atoms with E-state index in [0.717, 1.165) is 19.5 Å². The lowest BCUT2D eigenvalue weighted by Crippen LogP contribution is -2.33. The van der Waals surface area contributed by atoms with Crippen molar-refractivity contribution >= 4 is 15.9 Å². The highest BCUT2D eigenvalue weighted by Gasteiger charge is 2.19. The van der Waals surface area contributed by atoms with Gasteiger partial charge in [-0.05, 0) is 35.9 Å². The predicted octanol–water partition coefficient (Wildman–Crippen LogP) is 4.26. The molecule has 0 radical (unpaired) electrons. The zero-order valence-corrected chi connectivity index (χ0v) is 13.0. The van der Waals surface area contributed by atoms with Gasteiger partial charge in [0.1, 0.15) is 0 Å². The van der Waals surface area contributed by atoms with Crippen molar-refractivity contribution in [2.75, 3.05) is 13.1 Å². The van der Waals surface area contributed by atoms with Crippen LogP contribution in [0.2, 0.25) is 0 Å². The summed E-state index contributed by atoms with van der Waals surface area (Å²) < 4.78 is 1.22. The van der Waals surface area contributed by atoms with Gasteiger partial charge in [-0.15, -0.1) is 0 Å². The van der Waals surface area contributed by atoms with Crippen LogP contribution in [0.1, 0.15) is 33.3 Å². The van der Waals surface area contributed by atoms with Gasteiger partial charge in [0, 0.05) is 11.0 Å². The van der Waals surface area contributed by atoms with E-state index in [1.165, 1.54) is 10.0 Å². The molecule has 0 heterocycles. The molecule has 0 bridgehead atoms. The van der Waals surface area contributed by atoms with Crippen LogP contribution in [-0.4, -0.2) is 13.1 Å². The first-order valence-corrected chi connectivity index (χ1v) is 7.14. The van der Waals surface area contributed by atoms with Crippen molar-refractivity contribution in [2.24, 2.45) is 11.3 Å². The van der Waals surface area contributed by atoms with Gasteiger partial charge in [0.2, 0.25) is 0 Å². The fraction of sp³-hybridized carbons (Fsp3) is 0.600. The Morgan fingerprint density at radius 3 is 2.47 bits per heavy atom. The number of halogens is 1. The molecule has 1 rings (SSSR count). The molecular formula is C15H24BrN. The van der Waals surface area contributed by atoms with Gasteiger partial charge in [0.05, 0.1) is 0 Å². The fourth-order valence-corrected chi connectivity index (χ4v) is 2.34. The van der Waals surface area contributed by atoms with Crippen LogP contribution in [0.25, 0.3) is 0 Å². The largest absolute Gasteiger partial charge is 0.316 e. The summed E-state index contributed by atoms with van der Waals surface area (Å²) in [7, 11) is 0. The second-order valence-corrected chi connectivity index (χ2v) is 6.81. The predicted molar refractivity (Wildman–Crippen MR) is 79.3 cm³/mol. The second-order valence-electron chi connectivity index (χ2n) is 5.96. The molecule has 1 aromatic carbocycles. The number of rotatable bonds is 6. The lowest BCUT2D eigenvalue weighted by atomic mass is 9.85. The summed E-state index contributed by atoms with van der Waals surface area (Å²) >= 11 is 3.62. The van der Waals surface area contributed by atoms with Gasteiger partial charge in [0.15, 0.2) is 0 Å². The van der Waals surface area contributed by atoms with Crippen molar-refractivity contribution in [1.82, 2.24) is 5.32 Å². The summed E-state index contributed by atoms with van der Waals surface area (Å²) in [5, 5.41) is 3.55. The van der Waals surface area contributed by atoms with E-state index in [1.54, 1.807) is 0 Å². The van der Waals surface area contributed by atoms with Crippen molar-refractivity contribution in [3.8, 4) is 0 Å². The van der Waals surface area contributed by atoms with Crippen molar-refractivity contribution in [3.63, 3.8) is 0 Å².